The standard InChI is InChI=1S/C15H12F5NO2/c1-23-12-4-2-10(3-5-12)13(22,11-6-8-21-9-7-11)14(16,17)15(18,19)20/h2-9,22H,1H3. The molecule has 1 heterocycles. The molecule has 0 aliphatic heterocycles. The number of ether oxygens (including phenoxy) is 1. The Kier molecular flexibility index (Phi) is 4.30. The highest BCUT2D eigenvalue weighted by Gasteiger charge is 2.71. The number of aliphatic hydroxyl groups is 1. The maximum Gasteiger partial charge on any atom is 0.457 e. The molecule has 0 spiro atoms. The molecule has 0 aliphatic carbocycles. The Hall–Kier alpha value is -2.22. The molecule has 0 saturated carbocycles. The second-order valence-corrected chi connectivity index (χ2v) is 4.75. The first-order valence-corrected chi connectivity index (χ1v) is 6.36. The van der Waals surface area contributed by atoms with Crippen LogP contribution in [0.1, 0.15) is 11.1 Å². The lowest BCUT2D eigenvalue weighted by Gasteiger charge is -2.37. The maximum absolute atomic E-state index is 14.1. The van der Waals surface area contributed by atoms with Gasteiger partial charge >= 0.3 is 12.1 Å². The number of benzene rings is 1. The van der Waals surface area contributed by atoms with Crippen LogP contribution in [0.15, 0.2) is 48.8 Å². The highest BCUT2D eigenvalue weighted by atomic mass is 19.4. The van der Waals surface area contributed by atoms with Crippen LogP contribution in [0, 0.1) is 0 Å². The van der Waals surface area contributed by atoms with E-state index in [-0.39, 0.29) is 5.75 Å². The van der Waals surface area contributed by atoms with Gasteiger partial charge in [-0.2, -0.15) is 22.0 Å². The van der Waals surface area contributed by atoms with Gasteiger partial charge in [0, 0.05) is 12.4 Å². The Labute approximate surface area is 128 Å². The van der Waals surface area contributed by atoms with Crippen molar-refractivity contribution in [3.8, 4) is 5.75 Å². The molecule has 124 valence electrons. The molecule has 0 aliphatic rings. The van der Waals surface area contributed by atoms with E-state index in [0.29, 0.717) is 0 Å². The van der Waals surface area contributed by atoms with Gasteiger partial charge in [-0.1, -0.05) is 12.1 Å². The second-order valence-electron chi connectivity index (χ2n) is 4.75. The van der Waals surface area contributed by atoms with Gasteiger partial charge in [-0.05, 0) is 35.4 Å². The van der Waals surface area contributed by atoms with Gasteiger partial charge < -0.3 is 9.84 Å². The molecule has 1 atom stereocenters. The summed E-state index contributed by atoms with van der Waals surface area (Å²) in [5.41, 5.74) is -4.84. The predicted octanol–water partition coefficient (Wildman–Crippen LogP) is 3.52. The van der Waals surface area contributed by atoms with E-state index in [0.717, 1.165) is 36.7 Å². The predicted molar refractivity (Wildman–Crippen MR) is 71.2 cm³/mol. The third kappa shape index (κ3) is 2.74. The molecule has 3 nitrogen and oxygen atoms in total. The zero-order chi connectivity index (χ0) is 17.3. The molecule has 2 aromatic rings. The topological polar surface area (TPSA) is 42.4 Å². The third-order valence-corrected chi connectivity index (χ3v) is 3.42. The number of alkyl halides is 5. The van der Waals surface area contributed by atoms with Crippen LogP contribution >= 0.6 is 0 Å². The number of hydrogen-bond donors (Lipinski definition) is 1. The van der Waals surface area contributed by atoms with Crippen molar-refractivity contribution in [2.75, 3.05) is 7.11 Å². The Morgan fingerprint density at radius 1 is 0.870 bits per heavy atom. The van der Waals surface area contributed by atoms with E-state index in [1.165, 1.54) is 19.2 Å². The van der Waals surface area contributed by atoms with Crippen molar-refractivity contribution in [2.45, 2.75) is 17.7 Å². The zero-order valence-corrected chi connectivity index (χ0v) is 11.8. The van der Waals surface area contributed by atoms with Crippen LogP contribution < -0.4 is 4.74 Å². The van der Waals surface area contributed by atoms with E-state index >= 15 is 0 Å². The summed E-state index contributed by atoms with van der Waals surface area (Å²) in [6.07, 6.45) is -3.91. The lowest BCUT2D eigenvalue weighted by atomic mass is 9.81. The molecule has 1 N–H and O–H groups in total. The van der Waals surface area contributed by atoms with Crippen LogP contribution in [-0.2, 0) is 5.60 Å². The molecular formula is C15H12F5NO2. The Morgan fingerprint density at radius 3 is 1.78 bits per heavy atom. The molecule has 1 aromatic carbocycles. The summed E-state index contributed by atoms with van der Waals surface area (Å²) < 4.78 is 71.7. The number of rotatable bonds is 4. The summed E-state index contributed by atoms with van der Waals surface area (Å²) in [6.45, 7) is 0. The van der Waals surface area contributed by atoms with Gasteiger partial charge in [0.05, 0.1) is 7.11 Å². The molecule has 8 heteroatoms. The number of nitrogens with zero attached hydrogens (tertiary/aromatic N) is 1. The highest BCUT2D eigenvalue weighted by Crippen LogP contribution is 2.51. The number of aromatic nitrogens is 1. The number of methoxy groups -OCH3 is 1. The van der Waals surface area contributed by atoms with Crippen LogP contribution in [0.2, 0.25) is 0 Å². The quantitative estimate of drug-likeness (QED) is 0.871. The first kappa shape index (κ1) is 17.1. The van der Waals surface area contributed by atoms with Crippen LogP contribution in [0.25, 0.3) is 0 Å². The summed E-state index contributed by atoms with van der Waals surface area (Å²) in [6, 6.07) is 6.10. The summed E-state index contributed by atoms with van der Waals surface area (Å²) in [7, 11) is 1.31. The van der Waals surface area contributed by atoms with Crippen molar-refractivity contribution >= 4 is 0 Å². The summed E-state index contributed by atoms with van der Waals surface area (Å²) in [5.74, 6) is -5.17. The lowest BCUT2D eigenvalue weighted by Crippen LogP contribution is -2.55. The molecule has 2 rings (SSSR count). The maximum atomic E-state index is 14.1. The fourth-order valence-corrected chi connectivity index (χ4v) is 2.16. The van der Waals surface area contributed by atoms with Crippen LogP contribution in [0.5, 0.6) is 5.75 Å². The van der Waals surface area contributed by atoms with Crippen molar-refractivity contribution < 1.29 is 31.8 Å². The van der Waals surface area contributed by atoms with E-state index in [1.807, 2.05) is 0 Å². The van der Waals surface area contributed by atoms with Crippen molar-refractivity contribution in [1.29, 1.82) is 0 Å². The first-order chi connectivity index (χ1) is 10.6. The summed E-state index contributed by atoms with van der Waals surface area (Å²) in [4.78, 5) is 3.57. The molecule has 1 aromatic heterocycles. The van der Waals surface area contributed by atoms with Crippen molar-refractivity contribution in [3.63, 3.8) is 0 Å². The van der Waals surface area contributed by atoms with E-state index in [4.69, 9.17) is 4.74 Å². The van der Waals surface area contributed by atoms with Gasteiger partial charge in [0.1, 0.15) is 5.75 Å². The molecule has 1 unspecified atom stereocenters. The molecular weight excluding hydrogens is 321 g/mol. The molecule has 23 heavy (non-hydrogen) atoms. The number of halogens is 5. The normalized spacial score (nSPS) is 15.1. The average molecular weight is 333 g/mol. The fraction of sp³-hybridized carbons (Fsp3) is 0.267. The Morgan fingerprint density at radius 2 is 1.35 bits per heavy atom. The van der Waals surface area contributed by atoms with Gasteiger partial charge in [0.2, 0.25) is 0 Å². The largest absolute Gasteiger partial charge is 0.497 e. The summed E-state index contributed by atoms with van der Waals surface area (Å²) in [5, 5.41) is 10.4. The Balaban J connectivity index is 2.70. The van der Waals surface area contributed by atoms with Crippen LogP contribution in [0.3, 0.4) is 0 Å². The number of pyridine rings is 1. The fourth-order valence-electron chi connectivity index (χ4n) is 2.16. The Bertz CT molecular complexity index is 658. The van der Waals surface area contributed by atoms with E-state index in [9.17, 15) is 27.1 Å². The average Bonchev–Trinajstić information content (AvgIpc) is 2.53. The zero-order valence-electron chi connectivity index (χ0n) is 11.8. The van der Waals surface area contributed by atoms with Gasteiger partial charge in [0.15, 0.2) is 5.60 Å². The minimum Gasteiger partial charge on any atom is -0.497 e. The lowest BCUT2D eigenvalue weighted by molar-refractivity contribution is -0.336. The van der Waals surface area contributed by atoms with Gasteiger partial charge in [-0.25, -0.2) is 0 Å². The van der Waals surface area contributed by atoms with Gasteiger partial charge in [-0.15, -0.1) is 0 Å². The minimum absolute atomic E-state index is 0.251. The highest BCUT2D eigenvalue weighted by molar-refractivity contribution is 5.41. The SMILES string of the molecule is COc1ccc(C(O)(c2ccncc2)C(F)(F)C(F)(F)F)cc1. The van der Waals surface area contributed by atoms with Gasteiger partial charge in [0.25, 0.3) is 0 Å². The second kappa shape index (κ2) is 5.77. The van der Waals surface area contributed by atoms with Crippen LogP contribution in [0.4, 0.5) is 22.0 Å². The molecule has 0 fully saturated rings. The van der Waals surface area contributed by atoms with E-state index < -0.39 is 28.8 Å². The van der Waals surface area contributed by atoms with Crippen LogP contribution in [-0.4, -0.2) is 29.3 Å². The van der Waals surface area contributed by atoms with Crippen molar-refractivity contribution in [2.24, 2.45) is 0 Å². The first-order valence-electron chi connectivity index (χ1n) is 6.36. The molecule has 0 amide bonds. The smallest absolute Gasteiger partial charge is 0.457 e. The molecule has 0 radical (unpaired) electrons. The molecule has 0 saturated heterocycles. The van der Waals surface area contributed by atoms with Crippen molar-refractivity contribution in [1.82, 2.24) is 4.98 Å². The van der Waals surface area contributed by atoms with E-state index in [2.05, 4.69) is 4.98 Å². The van der Waals surface area contributed by atoms with E-state index in [1.54, 1.807) is 0 Å². The van der Waals surface area contributed by atoms with Gasteiger partial charge in [-0.3, -0.25) is 4.98 Å². The molecule has 0 bridgehead atoms. The third-order valence-electron chi connectivity index (χ3n) is 3.42. The number of hydrogen-bond acceptors (Lipinski definition) is 3. The summed E-state index contributed by atoms with van der Waals surface area (Å²) >= 11 is 0. The monoisotopic (exact) mass is 333 g/mol. The minimum atomic E-state index is -5.95. The van der Waals surface area contributed by atoms with Crippen molar-refractivity contribution in [3.05, 3.63) is 59.9 Å².